The van der Waals surface area contributed by atoms with Gasteiger partial charge in [-0.3, -0.25) is 0 Å². The van der Waals surface area contributed by atoms with Crippen molar-refractivity contribution in [2.45, 2.75) is 54.4 Å². The molecule has 0 saturated carbocycles. The van der Waals surface area contributed by atoms with Gasteiger partial charge in [0.2, 0.25) is 0 Å². The van der Waals surface area contributed by atoms with E-state index in [-0.39, 0.29) is 5.83 Å². The van der Waals surface area contributed by atoms with Crippen molar-refractivity contribution in [1.82, 2.24) is 0 Å². The monoisotopic (exact) mass is 240 g/mol. The number of hydrogen-bond acceptors (Lipinski definition) is 0. The molecule has 1 unspecified atom stereocenters. The fourth-order valence-corrected chi connectivity index (χ4v) is 1.20. The van der Waals surface area contributed by atoms with Crippen LogP contribution in [0.2, 0.25) is 0 Å². The Balaban J connectivity index is 0. The Hall–Kier alpha value is -0.850. The molecule has 1 heteroatoms. The summed E-state index contributed by atoms with van der Waals surface area (Å²) in [6.07, 6.45) is 3.73. The molecule has 0 fully saturated rings. The van der Waals surface area contributed by atoms with E-state index in [4.69, 9.17) is 0 Å². The number of hydrogen-bond donors (Lipinski definition) is 0. The summed E-state index contributed by atoms with van der Waals surface area (Å²) in [4.78, 5) is 0. The lowest BCUT2D eigenvalue weighted by atomic mass is 9.93. The quantitative estimate of drug-likeness (QED) is 0.494. The minimum absolute atomic E-state index is 0.253. The van der Waals surface area contributed by atoms with E-state index in [0.717, 1.165) is 18.4 Å². The summed E-state index contributed by atoms with van der Waals surface area (Å²) in [6.45, 7) is 19.6. The lowest BCUT2D eigenvalue weighted by molar-refractivity contribution is 0.493. The minimum atomic E-state index is -0.253. The normalized spacial score (nSPS) is 12.8. The minimum Gasteiger partial charge on any atom is -0.207 e. The van der Waals surface area contributed by atoms with Crippen LogP contribution in [0.1, 0.15) is 54.4 Å². The van der Waals surface area contributed by atoms with Gasteiger partial charge in [0, 0.05) is 0 Å². The van der Waals surface area contributed by atoms with Crippen molar-refractivity contribution in [3.63, 3.8) is 0 Å². The molecule has 0 aromatic carbocycles. The van der Waals surface area contributed by atoms with Gasteiger partial charge < -0.3 is 0 Å². The predicted octanol–water partition coefficient (Wildman–Crippen LogP) is 6.07. The van der Waals surface area contributed by atoms with Crippen LogP contribution in [0, 0.1) is 11.8 Å². The Bertz CT molecular complexity index is 259. The number of halogens is 1. The molecule has 0 bridgehead atoms. The maximum absolute atomic E-state index is 13.2. The van der Waals surface area contributed by atoms with Crippen LogP contribution < -0.4 is 0 Å². The molecule has 0 saturated heterocycles. The Morgan fingerprint density at radius 2 is 1.59 bits per heavy atom. The van der Waals surface area contributed by atoms with Crippen molar-refractivity contribution in [3.05, 3.63) is 36.2 Å². The fourth-order valence-electron chi connectivity index (χ4n) is 1.20. The average molecular weight is 240 g/mol. The second-order valence-corrected chi connectivity index (χ2v) is 4.72. The molecular formula is C16H29F. The standard InChI is InChI=1S/C14H23F.C2H6/c1-10(2)7-8-12(5)13(6)9-14(15)11(3)4;1-2/h9-10,12H,3,6-8H2,1-2,4-5H3;1-2H3/b14-9+;. The molecule has 1 atom stereocenters. The molecule has 0 amide bonds. The van der Waals surface area contributed by atoms with Gasteiger partial charge in [0.25, 0.3) is 0 Å². The zero-order chi connectivity index (χ0) is 14.0. The number of allylic oxidation sites excluding steroid dienone is 4. The third-order valence-electron chi connectivity index (χ3n) is 2.53. The van der Waals surface area contributed by atoms with Crippen molar-refractivity contribution in [2.75, 3.05) is 0 Å². The van der Waals surface area contributed by atoms with E-state index < -0.39 is 0 Å². The summed E-state index contributed by atoms with van der Waals surface area (Å²) in [6, 6.07) is 0. The third kappa shape index (κ3) is 10.0. The molecule has 17 heavy (non-hydrogen) atoms. The van der Waals surface area contributed by atoms with Crippen LogP contribution in [0.5, 0.6) is 0 Å². The Morgan fingerprint density at radius 1 is 1.12 bits per heavy atom. The molecule has 0 aliphatic rings. The summed E-state index contributed by atoms with van der Waals surface area (Å²) in [7, 11) is 0. The lowest BCUT2D eigenvalue weighted by Crippen LogP contribution is -1.99. The topological polar surface area (TPSA) is 0 Å². The first kappa shape index (κ1) is 18.5. The SMILES string of the molecule is C=C(C)/C(F)=C\C(=C)C(C)CCC(C)C.CC. The van der Waals surface area contributed by atoms with Crippen molar-refractivity contribution in [1.29, 1.82) is 0 Å². The Labute approximate surface area is 107 Å². The van der Waals surface area contributed by atoms with Gasteiger partial charge in [-0.15, -0.1) is 0 Å². The first-order valence-corrected chi connectivity index (χ1v) is 6.56. The molecule has 0 aromatic rings. The number of rotatable bonds is 6. The van der Waals surface area contributed by atoms with Crippen LogP contribution in [-0.4, -0.2) is 0 Å². The molecule has 0 aromatic heterocycles. The van der Waals surface area contributed by atoms with Gasteiger partial charge in [-0.1, -0.05) is 54.2 Å². The zero-order valence-corrected chi connectivity index (χ0v) is 12.4. The fraction of sp³-hybridized carbons (Fsp3) is 0.625. The first-order chi connectivity index (χ1) is 7.84. The van der Waals surface area contributed by atoms with Gasteiger partial charge in [-0.25, -0.2) is 4.39 Å². The maximum Gasteiger partial charge on any atom is 0.125 e. The highest BCUT2D eigenvalue weighted by atomic mass is 19.1. The van der Waals surface area contributed by atoms with Crippen LogP contribution in [0.4, 0.5) is 4.39 Å². The van der Waals surface area contributed by atoms with E-state index in [0.29, 0.717) is 17.4 Å². The largest absolute Gasteiger partial charge is 0.207 e. The van der Waals surface area contributed by atoms with Crippen molar-refractivity contribution in [3.8, 4) is 0 Å². The molecular weight excluding hydrogens is 211 g/mol. The summed E-state index contributed by atoms with van der Waals surface area (Å²) in [5, 5.41) is 0. The highest BCUT2D eigenvalue weighted by Crippen LogP contribution is 2.21. The van der Waals surface area contributed by atoms with Crippen molar-refractivity contribution in [2.24, 2.45) is 11.8 Å². The molecule has 0 nitrogen and oxygen atoms in total. The molecule has 100 valence electrons. The van der Waals surface area contributed by atoms with E-state index in [2.05, 4.69) is 33.9 Å². The maximum atomic E-state index is 13.2. The summed E-state index contributed by atoms with van der Waals surface area (Å²) in [5.74, 6) is 0.782. The van der Waals surface area contributed by atoms with Crippen LogP contribution in [0.25, 0.3) is 0 Å². The van der Waals surface area contributed by atoms with Crippen molar-refractivity contribution < 1.29 is 4.39 Å². The van der Waals surface area contributed by atoms with Gasteiger partial charge in [-0.05, 0) is 42.4 Å². The highest BCUT2D eigenvalue weighted by molar-refractivity contribution is 5.29. The van der Waals surface area contributed by atoms with E-state index in [9.17, 15) is 4.39 Å². The highest BCUT2D eigenvalue weighted by Gasteiger charge is 2.07. The average Bonchev–Trinajstić information content (AvgIpc) is 2.28. The van der Waals surface area contributed by atoms with Crippen LogP contribution in [-0.2, 0) is 0 Å². The molecule has 0 aliphatic heterocycles. The summed E-state index contributed by atoms with van der Waals surface area (Å²) in [5.41, 5.74) is 1.32. The molecule has 0 N–H and O–H groups in total. The second kappa shape index (κ2) is 10.3. The van der Waals surface area contributed by atoms with E-state index in [1.165, 1.54) is 6.08 Å². The molecule has 0 heterocycles. The van der Waals surface area contributed by atoms with Gasteiger partial charge in [0.15, 0.2) is 0 Å². The first-order valence-electron chi connectivity index (χ1n) is 6.56. The molecule has 0 aliphatic carbocycles. The van der Waals surface area contributed by atoms with E-state index in [1.54, 1.807) is 6.92 Å². The van der Waals surface area contributed by atoms with Crippen LogP contribution in [0.3, 0.4) is 0 Å². The van der Waals surface area contributed by atoms with Gasteiger partial charge in [0.1, 0.15) is 5.83 Å². The Morgan fingerprint density at radius 3 is 1.94 bits per heavy atom. The smallest absolute Gasteiger partial charge is 0.125 e. The van der Waals surface area contributed by atoms with Crippen LogP contribution in [0.15, 0.2) is 36.2 Å². The van der Waals surface area contributed by atoms with E-state index >= 15 is 0 Å². The third-order valence-corrected chi connectivity index (χ3v) is 2.53. The van der Waals surface area contributed by atoms with Crippen LogP contribution >= 0.6 is 0 Å². The molecule has 0 spiro atoms. The summed E-state index contributed by atoms with van der Waals surface area (Å²) >= 11 is 0. The van der Waals surface area contributed by atoms with E-state index in [1.807, 2.05) is 13.8 Å². The Kier molecular flexibility index (Phi) is 11.2. The van der Waals surface area contributed by atoms with Gasteiger partial charge in [-0.2, -0.15) is 0 Å². The van der Waals surface area contributed by atoms with Gasteiger partial charge in [0.05, 0.1) is 0 Å². The lowest BCUT2D eigenvalue weighted by Gasteiger charge is -2.13. The summed E-state index contributed by atoms with van der Waals surface area (Å²) < 4.78 is 13.2. The van der Waals surface area contributed by atoms with Gasteiger partial charge >= 0.3 is 0 Å². The second-order valence-electron chi connectivity index (χ2n) is 4.72. The van der Waals surface area contributed by atoms with Crippen molar-refractivity contribution >= 4 is 0 Å². The predicted molar refractivity (Wildman–Crippen MR) is 77.7 cm³/mol. The zero-order valence-electron chi connectivity index (χ0n) is 12.4. The molecule has 0 radical (unpaired) electrons. The molecule has 0 rings (SSSR count).